The molecule has 21 heavy (non-hydrogen) atoms. The highest BCUT2D eigenvalue weighted by Gasteiger charge is 2.26. The number of nitrogens with zero attached hydrogens (tertiary/aromatic N) is 2. The number of rotatable bonds is 5. The highest BCUT2D eigenvalue weighted by molar-refractivity contribution is 5.69. The largest absolute Gasteiger partial charge is 0.469 e. The lowest BCUT2D eigenvalue weighted by atomic mass is 9.95. The van der Waals surface area contributed by atoms with Gasteiger partial charge in [0, 0.05) is 26.2 Å². The first-order chi connectivity index (χ1) is 10.1. The van der Waals surface area contributed by atoms with Gasteiger partial charge in [0.1, 0.15) is 0 Å². The van der Waals surface area contributed by atoms with Crippen LogP contribution in [0.15, 0.2) is 0 Å². The number of hydrogen-bond donors (Lipinski definition) is 0. The van der Waals surface area contributed by atoms with E-state index in [1.54, 1.807) is 0 Å². The van der Waals surface area contributed by atoms with Crippen molar-refractivity contribution in [2.24, 2.45) is 5.92 Å². The van der Waals surface area contributed by atoms with E-state index < -0.39 is 0 Å². The van der Waals surface area contributed by atoms with Gasteiger partial charge >= 0.3 is 5.97 Å². The van der Waals surface area contributed by atoms with Crippen molar-refractivity contribution in [2.75, 3.05) is 46.4 Å². The Bertz CT molecular complexity index is 319. The Morgan fingerprint density at radius 2 is 1.76 bits per heavy atom. The molecular weight excluding hydrogens is 268 g/mol. The minimum absolute atomic E-state index is 0.103. The molecule has 0 aromatic carbocycles. The molecule has 2 rings (SSSR count). The van der Waals surface area contributed by atoms with Crippen molar-refractivity contribution >= 4 is 5.97 Å². The number of hydrogen-bond acceptors (Lipinski definition) is 5. The van der Waals surface area contributed by atoms with Crippen LogP contribution >= 0.6 is 0 Å². The summed E-state index contributed by atoms with van der Waals surface area (Å²) in [5.74, 6) is 0.685. The molecule has 2 heterocycles. The molecule has 5 heteroatoms. The molecule has 0 aliphatic carbocycles. The molecule has 0 bridgehead atoms. The van der Waals surface area contributed by atoms with Crippen LogP contribution in [0.3, 0.4) is 0 Å². The maximum Gasteiger partial charge on any atom is 0.306 e. The highest BCUT2D eigenvalue weighted by atomic mass is 16.5. The van der Waals surface area contributed by atoms with Gasteiger partial charge in [-0.1, -0.05) is 0 Å². The zero-order valence-corrected chi connectivity index (χ0v) is 13.7. The molecule has 0 radical (unpaired) electrons. The third-order valence-corrected chi connectivity index (χ3v) is 4.58. The standard InChI is InChI=1S/C16H30N2O3/c1-13-10-18(11-14(2)21-13)12-15-4-7-17(8-5-15)9-6-16(19)20-3/h13-15H,4-12H2,1-3H3/t13-,14+. The fourth-order valence-electron chi connectivity index (χ4n) is 3.54. The molecule has 2 saturated heterocycles. The quantitative estimate of drug-likeness (QED) is 0.717. The van der Waals surface area contributed by atoms with Gasteiger partial charge in [0.2, 0.25) is 0 Å². The van der Waals surface area contributed by atoms with Crippen molar-refractivity contribution in [2.45, 2.75) is 45.3 Å². The van der Waals surface area contributed by atoms with Gasteiger partial charge in [0.15, 0.2) is 0 Å². The SMILES string of the molecule is COC(=O)CCN1CCC(CN2C[C@@H](C)O[C@@H](C)C2)CC1. The van der Waals surface area contributed by atoms with E-state index in [1.165, 1.54) is 26.5 Å². The fraction of sp³-hybridized carbons (Fsp3) is 0.938. The molecule has 0 unspecified atom stereocenters. The van der Waals surface area contributed by atoms with Crippen LogP contribution in [0.5, 0.6) is 0 Å². The minimum Gasteiger partial charge on any atom is -0.469 e. The number of methoxy groups -OCH3 is 1. The van der Waals surface area contributed by atoms with Crippen LogP contribution < -0.4 is 0 Å². The molecule has 0 aromatic rings. The van der Waals surface area contributed by atoms with Crippen LogP contribution in [0.2, 0.25) is 0 Å². The van der Waals surface area contributed by atoms with Gasteiger partial charge < -0.3 is 14.4 Å². The minimum atomic E-state index is -0.103. The van der Waals surface area contributed by atoms with Crippen molar-refractivity contribution < 1.29 is 14.3 Å². The predicted octanol–water partition coefficient (Wildman–Crippen LogP) is 1.37. The van der Waals surface area contributed by atoms with Gasteiger partial charge in [-0.25, -0.2) is 0 Å². The second-order valence-electron chi connectivity index (χ2n) is 6.59. The zero-order chi connectivity index (χ0) is 15.2. The lowest BCUT2D eigenvalue weighted by Gasteiger charge is -2.39. The number of ether oxygens (including phenoxy) is 2. The van der Waals surface area contributed by atoms with E-state index in [0.717, 1.165) is 38.6 Å². The molecule has 0 saturated carbocycles. The number of likely N-dealkylation sites (tertiary alicyclic amines) is 1. The molecule has 5 nitrogen and oxygen atoms in total. The summed E-state index contributed by atoms with van der Waals surface area (Å²) >= 11 is 0. The van der Waals surface area contributed by atoms with E-state index in [9.17, 15) is 4.79 Å². The summed E-state index contributed by atoms with van der Waals surface area (Å²) in [6.07, 6.45) is 3.70. The first-order valence-electron chi connectivity index (χ1n) is 8.23. The number of morpholine rings is 1. The van der Waals surface area contributed by atoms with Crippen molar-refractivity contribution in [3.63, 3.8) is 0 Å². The third-order valence-electron chi connectivity index (χ3n) is 4.58. The molecule has 2 aliphatic rings. The Morgan fingerprint density at radius 1 is 1.14 bits per heavy atom. The van der Waals surface area contributed by atoms with E-state index in [4.69, 9.17) is 9.47 Å². The second kappa shape index (κ2) is 8.11. The Kier molecular flexibility index (Phi) is 6.45. The Hall–Kier alpha value is -0.650. The normalized spacial score (nSPS) is 29.5. The average Bonchev–Trinajstić information content (AvgIpc) is 2.45. The topological polar surface area (TPSA) is 42.0 Å². The smallest absolute Gasteiger partial charge is 0.306 e. The summed E-state index contributed by atoms with van der Waals surface area (Å²) in [5.41, 5.74) is 0. The molecular formula is C16H30N2O3. The number of carbonyl (C=O) groups is 1. The van der Waals surface area contributed by atoms with Crippen molar-refractivity contribution in [1.29, 1.82) is 0 Å². The molecule has 0 aromatic heterocycles. The Labute approximate surface area is 128 Å². The summed E-state index contributed by atoms with van der Waals surface area (Å²) < 4.78 is 10.5. The third kappa shape index (κ3) is 5.57. The first-order valence-corrected chi connectivity index (χ1v) is 8.23. The predicted molar refractivity (Wildman–Crippen MR) is 82.2 cm³/mol. The maximum absolute atomic E-state index is 11.2. The average molecular weight is 298 g/mol. The van der Waals surface area contributed by atoms with Crippen molar-refractivity contribution in [3.8, 4) is 0 Å². The van der Waals surface area contributed by atoms with E-state index in [-0.39, 0.29) is 5.97 Å². The maximum atomic E-state index is 11.2. The summed E-state index contributed by atoms with van der Waals surface area (Å²) in [6.45, 7) is 10.7. The van der Waals surface area contributed by atoms with Gasteiger partial charge in [-0.05, 0) is 45.7 Å². The van der Waals surface area contributed by atoms with Gasteiger partial charge in [0.25, 0.3) is 0 Å². The fourth-order valence-corrected chi connectivity index (χ4v) is 3.54. The van der Waals surface area contributed by atoms with E-state index in [0.29, 0.717) is 18.6 Å². The van der Waals surface area contributed by atoms with Crippen molar-refractivity contribution in [1.82, 2.24) is 9.80 Å². The monoisotopic (exact) mass is 298 g/mol. The van der Waals surface area contributed by atoms with Crippen LogP contribution in [0.1, 0.15) is 33.1 Å². The Balaban J connectivity index is 1.65. The lowest BCUT2D eigenvalue weighted by Crippen LogP contribution is -2.48. The van der Waals surface area contributed by atoms with Gasteiger partial charge in [-0.2, -0.15) is 0 Å². The van der Waals surface area contributed by atoms with Crippen LogP contribution in [0, 0.1) is 5.92 Å². The number of carbonyl (C=O) groups excluding carboxylic acids is 1. The van der Waals surface area contributed by atoms with Crippen LogP contribution in [-0.4, -0.2) is 74.4 Å². The molecule has 2 aliphatic heterocycles. The van der Waals surface area contributed by atoms with Crippen LogP contribution in [0.4, 0.5) is 0 Å². The highest BCUT2D eigenvalue weighted by Crippen LogP contribution is 2.21. The Morgan fingerprint density at radius 3 is 2.33 bits per heavy atom. The van der Waals surface area contributed by atoms with Crippen LogP contribution in [-0.2, 0) is 14.3 Å². The summed E-state index contributed by atoms with van der Waals surface area (Å²) in [6, 6.07) is 0. The van der Waals surface area contributed by atoms with Crippen LogP contribution in [0.25, 0.3) is 0 Å². The summed E-state index contributed by atoms with van der Waals surface area (Å²) in [5, 5.41) is 0. The van der Waals surface area contributed by atoms with Gasteiger partial charge in [0.05, 0.1) is 25.7 Å². The first kappa shape index (κ1) is 16.7. The molecule has 2 atom stereocenters. The van der Waals surface area contributed by atoms with E-state index in [2.05, 4.69) is 23.6 Å². The van der Waals surface area contributed by atoms with Gasteiger partial charge in [-0.3, -0.25) is 9.69 Å². The van der Waals surface area contributed by atoms with E-state index >= 15 is 0 Å². The molecule has 0 amide bonds. The molecule has 122 valence electrons. The van der Waals surface area contributed by atoms with E-state index in [1.807, 2.05) is 0 Å². The number of esters is 1. The second-order valence-corrected chi connectivity index (χ2v) is 6.59. The lowest BCUT2D eigenvalue weighted by molar-refractivity contribution is -0.141. The zero-order valence-electron chi connectivity index (χ0n) is 13.7. The molecule has 0 N–H and O–H groups in total. The molecule has 0 spiro atoms. The summed E-state index contributed by atoms with van der Waals surface area (Å²) in [4.78, 5) is 16.1. The summed E-state index contributed by atoms with van der Waals surface area (Å²) in [7, 11) is 1.46. The van der Waals surface area contributed by atoms with Crippen molar-refractivity contribution in [3.05, 3.63) is 0 Å². The van der Waals surface area contributed by atoms with Gasteiger partial charge in [-0.15, -0.1) is 0 Å². The molecule has 2 fully saturated rings. The number of piperidine rings is 1.